The van der Waals surface area contributed by atoms with Crippen molar-refractivity contribution in [3.8, 4) is 5.75 Å². The molecule has 2 rings (SSSR count). The summed E-state index contributed by atoms with van der Waals surface area (Å²) in [5.41, 5.74) is 1.10. The van der Waals surface area contributed by atoms with Crippen LogP contribution in [-0.4, -0.2) is 50.4 Å². The highest BCUT2D eigenvalue weighted by atomic mass is 16.5. The monoisotopic (exact) mass is 264 g/mol. The van der Waals surface area contributed by atoms with E-state index in [9.17, 15) is 0 Å². The number of nitrogens with zero attached hydrogens (tertiary/aromatic N) is 1. The molecule has 1 aromatic rings. The second-order valence-electron chi connectivity index (χ2n) is 5.19. The van der Waals surface area contributed by atoms with Crippen LogP contribution in [0.4, 0.5) is 5.69 Å². The van der Waals surface area contributed by atoms with E-state index in [4.69, 9.17) is 9.47 Å². The normalized spacial score (nSPS) is 20.5. The Labute approximate surface area is 115 Å². The fourth-order valence-corrected chi connectivity index (χ4v) is 2.28. The third-order valence-electron chi connectivity index (χ3n) is 3.52. The number of hydrogen-bond acceptors (Lipinski definition) is 4. The molecule has 1 aliphatic rings. The molecule has 0 radical (unpaired) electrons. The van der Waals surface area contributed by atoms with E-state index < -0.39 is 0 Å². The van der Waals surface area contributed by atoms with Crippen LogP contribution in [0, 0.1) is 0 Å². The SMILES string of the molecule is COc1ccc(NCC2CN(C(C)C)CCO2)cc1. The van der Waals surface area contributed by atoms with E-state index in [-0.39, 0.29) is 6.10 Å². The Morgan fingerprint density at radius 1 is 1.37 bits per heavy atom. The summed E-state index contributed by atoms with van der Waals surface area (Å²) in [7, 11) is 1.68. The van der Waals surface area contributed by atoms with Crippen molar-refractivity contribution in [3.63, 3.8) is 0 Å². The molecule has 0 bridgehead atoms. The maximum Gasteiger partial charge on any atom is 0.119 e. The summed E-state index contributed by atoms with van der Waals surface area (Å²) in [4.78, 5) is 2.46. The van der Waals surface area contributed by atoms with Crippen molar-refractivity contribution in [1.29, 1.82) is 0 Å². The van der Waals surface area contributed by atoms with Gasteiger partial charge in [0, 0.05) is 31.4 Å². The van der Waals surface area contributed by atoms with E-state index in [2.05, 4.69) is 24.1 Å². The Balaban J connectivity index is 1.80. The number of methoxy groups -OCH3 is 1. The number of morpholine rings is 1. The summed E-state index contributed by atoms with van der Waals surface area (Å²) >= 11 is 0. The highest BCUT2D eigenvalue weighted by molar-refractivity contribution is 5.46. The number of benzene rings is 1. The maximum atomic E-state index is 5.80. The van der Waals surface area contributed by atoms with Crippen LogP contribution in [0.3, 0.4) is 0 Å². The average molecular weight is 264 g/mol. The van der Waals surface area contributed by atoms with Gasteiger partial charge in [0.1, 0.15) is 5.75 Å². The van der Waals surface area contributed by atoms with Crippen LogP contribution in [0.25, 0.3) is 0 Å². The summed E-state index contributed by atoms with van der Waals surface area (Å²) in [6.45, 7) is 8.18. The molecule has 1 atom stereocenters. The lowest BCUT2D eigenvalue weighted by atomic mass is 10.2. The second kappa shape index (κ2) is 6.78. The lowest BCUT2D eigenvalue weighted by molar-refractivity contribution is -0.0315. The second-order valence-corrected chi connectivity index (χ2v) is 5.19. The third-order valence-corrected chi connectivity index (χ3v) is 3.52. The summed E-state index contributed by atoms with van der Waals surface area (Å²) in [6.07, 6.45) is 0.262. The number of ether oxygens (including phenoxy) is 2. The topological polar surface area (TPSA) is 33.7 Å². The minimum Gasteiger partial charge on any atom is -0.497 e. The van der Waals surface area contributed by atoms with Crippen molar-refractivity contribution < 1.29 is 9.47 Å². The van der Waals surface area contributed by atoms with Crippen LogP contribution in [0.2, 0.25) is 0 Å². The first kappa shape index (κ1) is 14.2. The molecule has 1 saturated heterocycles. The van der Waals surface area contributed by atoms with Crippen molar-refractivity contribution in [2.75, 3.05) is 38.7 Å². The van der Waals surface area contributed by atoms with Gasteiger partial charge < -0.3 is 14.8 Å². The number of hydrogen-bond donors (Lipinski definition) is 1. The predicted molar refractivity (Wildman–Crippen MR) is 77.9 cm³/mol. The highest BCUT2D eigenvalue weighted by Crippen LogP contribution is 2.16. The predicted octanol–water partition coefficient (Wildman–Crippen LogP) is 2.22. The van der Waals surface area contributed by atoms with Gasteiger partial charge in [0.2, 0.25) is 0 Å². The van der Waals surface area contributed by atoms with Gasteiger partial charge in [-0.05, 0) is 38.1 Å². The molecule has 0 amide bonds. The zero-order valence-corrected chi connectivity index (χ0v) is 12.1. The van der Waals surface area contributed by atoms with Crippen molar-refractivity contribution >= 4 is 5.69 Å². The Morgan fingerprint density at radius 2 is 2.11 bits per heavy atom. The first-order valence-corrected chi connectivity index (χ1v) is 6.92. The van der Waals surface area contributed by atoms with Gasteiger partial charge in [-0.1, -0.05) is 0 Å². The van der Waals surface area contributed by atoms with E-state index in [1.807, 2.05) is 24.3 Å². The number of rotatable bonds is 5. The average Bonchev–Trinajstić information content (AvgIpc) is 2.46. The Hall–Kier alpha value is -1.26. The summed E-state index contributed by atoms with van der Waals surface area (Å²) in [6, 6.07) is 8.58. The molecule has 1 aromatic carbocycles. The van der Waals surface area contributed by atoms with Crippen LogP contribution in [0.5, 0.6) is 5.75 Å². The van der Waals surface area contributed by atoms with E-state index >= 15 is 0 Å². The Kier molecular flexibility index (Phi) is 5.05. The Morgan fingerprint density at radius 3 is 2.74 bits per heavy atom. The van der Waals surface area contributed by atoms with Crippen LogP contribution in [0.15, 0.2) is 24.3 Å². The van der Waals surface area contributed by atoms with Gasteiger partial charge in [0.15, 0.2) is 0 Å². The standard InChI is InChI=1S/C15H24N2O2/c1-12(2)17-8-9-19-15(11-17)10-16-13-4-6-14(18-3)7-5-13/h4-7,12,15-16H,8-11H2,1-3H3. The molecule has 1 unspecified atom stereocenters. The fourth-order valence-electron chi connectivity index (χ4n) is 2.28. The van der Waals surface area contributed by atoms with Crippen molar-refractivity contribution in [3.05, 3.63) is 24.3 Å². The lowest BCUT2D eigenvalue weighted by Crippen LogP contribution is -2.48. The largest absolute Gasteiger partial charge is 0.497 e. The molecule has 19 heavy (non-hydrogen) atoms. The minimum absolute atomic E-state index is 0.262. The molecule has 1 fully saturated rings. The quantitative estimate of drug-likeness (QED) is 0.884. The zero-order valence-electron chi connectivity index (χ0n) is 12.1. The molecule has 1 N–H and O–H groups in total. The molecular formula is C15H24N2O2. The molecule has 4 heteroatoms. The molecular weight excluding hydrogens is 240 g/mol. The van der Waals surface area contributed by atoms with E-state index in [0.717, 1.165) is 37.7 Å². The van der Waals surface area contributed by atoms with Gasteiger partial charge in [0.25, 0.3) is 0 Å². The van der Waals surface area contributed by atoms with Gasteiger partial charge in [-0.25, -0.2) is 0 Å². The van der Waals surface area contributed by atoms with E-state index in [1.165, 1.54) is 0 Å². The molecule has 106 valence electrons. The smallest absolute Gasteiger partial charge is 0.119 e. The maximum absolute atomic E-state index is 5.80. The van der Waals surface area contributed by atoms with Crippen molar-refractivity contribution in [2.24, 2.45) is 0 Å². The zero-order chi connectivity index (χ0) is 13.7. The summed E-state index contributed by atoms with van der Waals surface area (Å²) in [5, 5.41) is 3.42. The van der Waals surface area contributed by atoms with Gasteiger partial charge in [-0.15, -0.1) is 0 Å². The Bertz CT molecular complexity index is 378. The molecule has 1 heterocycles. The van der Waals surface area contributed by atoms with Crippen LogP contribution < -0.4 is 10.1 Å². The van der Waals surface area contributed by atoms with Gasteiger partial charge in [0.05, 0.1) is 19.8 Å². The molecule has 0 aliphatic carbocycles. The van der Waals surface area contributed by atoms with Gasteiger partial charge in [-0.2, -0.15) is 0 Å². The molecule has 1 aliphatic heterocycles. The third kappa shape index (κ3) is 4.11. The first-order chi connectivity index (χ1) is 9.19. The van der Waals surface area contributed by atoms with Crippen molar-refractivity contribution in [1.82, 2.24) is 4.90 Å². The molecule has 4 nitrogen and oxygen atoms in total. The van der Waals surface area contributed by atoms with Crippen LogP contribution >= 0.6 is 0 Å². The lowest BCUT2D eigenvalue weighted by Gasteiger charge is -2.35. The summed E-state index contributed by atoms with van der Waals surface area (Å²) < 4.78 is 10.9. The van der Waals surface area contributed by atoms with E-state index in [0.29, 0.717) is 6.04 Å². The molecule has 0 spiro atoms. The highest BCUT2D eigenvalue weighted by Gasteiger charge is 2.21. The number of anilines is 1. The van der Waals surface area contributed by atoms with Crippen LogP contribution in [-0.2, 0) is 4.74 Å². The first-order valence-electron chi connectivity index (χ1n) is 6.92. The van der Waals surface area contributed by atoms with Gasteiger partial charge >= 0.3 is 0 Å². The van der Waals surface area contributed by atoms with Crippen molar-refractivity contribution in [2.45, 2.75) is 26.0 Å². The van der Waals surface area contributed by atoms with E-state index in [1.54, 1.807) is 7.11 Å². The minimum atomic E-state index is 0.262. The molecule has 0 aromatic heterocycles. The van der Waals surface area contributed by atoms with Crippen LogP contribution in [0.1, 0.15) is 13.8 Å². The number of nitrogens with one attached hydrogen (secondary N) is 1. The fraction of sp³-hybridized carbons (Fsp3) is 0.600. The molecule has 0 saturated carbocycles. The van der Waals surface area contributed by atoms with Gasteiger partial charge in [-0.3, -0.25) is 4.90 Å². The summed E-state index contributed by atoms with van der Waals surface area (Å²) in [5.74, 6) is 0.880.